The number of hydrogen-bond acceptors (Lipinski definition) is 14. The maximum absolute atomic E-state index is 14.9. The Morgan fingerprint density at radius 3 is 2.15 bits per heavy atom. The molecule has 16 heteroatoms. The van der Waals surface area contributed by atoms with Crippen LogP contribution in [0.15, 0.2) is 71.8 Å². The van der Waals surface area contributed by atoms with E-state index in [-0.39, 0.29) is 42.6 Å². The van der Waals surface area contributed by atoms with E-state index in [0.29, 0.717) is 5.56 Å². The number of benzene rings is 2. The Morgan fingerprint density at radius 1 is 0.935 bits per heavy atom. The summed E-state index contributed by atoms with van der Waals surface area (Å²) in [6, 6.07) is 14.7. The molecule has 3 fully saturated rings. The van der Waals surface area contributed by atoms with E-state index >= 15 is 0 Å². The molecule has 62 heavy (non-hydrogen) atoms. The Labute approximate surface area is 359 Å². The number of ether oxygens (including phenoxy) is 5. The first-order valence-corrected chi connectivity index (χ1v) is 20.9. The van der Waals surface area contributed by atoms with E-state index in [1.807, 2.05) is 0 Å². The number of fused-ring (bicyclic) bond motifs is 5. The zero-order chi connectivity index (χ0) is 45.5. The van der Waals surface area contributed by atoms with E-state index < -0.39 is 125 Å². The maximum atomic E-state index is 14.9. The molecule has 1 saturated heterocycles. The predicted octanol–water partition coefficient (Wildman–Crippen LogP) is 4.38. The molecule has 0 unspecified atom stereocenters. The van der Waals surface area contributed by atoms with Crippen molar-refractivity contribution in [1.82, 2.24) is 5.32 Å². The molecule has 0 radical (unpaired) electrons. The van der Waals surface area contributed by atoms with Crippen molar-refractivity contribution in [3.63, 3.8) is 0 Å². The van der Waals surface area contributed by atoms with Crippen LogP contribution in [0.3, 0.4) is 0 Å². The van der Waals surface area contributed by atoms with Crippen LogP contribution in [0.4, 0.5) is 4.79 Å². The van der Waals surface area contributed by atoms with Crippen molar-refractivity contribution in [2.45, 2.75) is 134 Å². The van der Waals surface area contributed by atoms with Gasteiger partial charge < -0.3 is 49.4 Å². The minimum atomic E-state index is -2.22. The monoisotopic (exact) mass is 863 g/mol. The number of carboxylic acid groups (broad SMARTS) is 1. The maximum Gasteiger partial charge on any atom is 0.408 e. The Kier molecular flexibility index (Phi) is 13.1. The van der Waals surface area contributed by atoms with E-state index in [0.717, 1.165) is 0 Å². The van der Waals surface area contributed by atoms with E-state index in [9.17, 15) is 49.2 Å². The van der Waals surface area contributed by atoms with Crippen LogP contribution < -0.4 is 5.32 Å². The highest BCUT2D eigenvalue weighted by molar-refractivity contribution is 5.94. The smallest absolute Gasteiger partial charge is 0.408 e. The summed E-state index contributed by atoms with van der Waals surface area (Å²) >= 11 is 0. The third-order valence-corrected chi connectivity index (χ3v) is 13.2. The highest BCUT2D eigenvalue weighted by Gasteiger charge is 2.72. The third-order valence-electron chi connectivity index (χ3n) is 13.2. The molecule has 336 valence electrons. The van der Waals surface area contributed by atoms with Gasteiger partial charge in [0, 0.05) is 42.9 Å². The van der Waals surface area contributed by atoms with Gasteiger partial charge in [0.05, 0.1) is 29.8 Å². The van der Waals surface area contributed by atoms with Crippen molar-refractivity contribution in [2.24, 2.45) is 22.7 Å². The fraction of sp³-hybridized carbons (Fsp3) is 0.565. The highest BCUT2D eigenvalue weighted by Crippen LogP contribution is 2.62. The number of aliphatic hydroxyl groups is 3. The lowest BCUT2D eigenvalue weighted by atomic mass is 9.46. The first kappa shape index (κ1) is 46.3. The number of Topliss-reactive ketones (excluding diaryl/α,β-unsaturated/α-hetero) is 1. The molecule has 0 spiro atoms. The van der Waals surface area contributed by atoms with Gasteiger partial charge in [0.2, 0.25) is 6.10 Å². The van der Waals surface area contributed by atoms with E-state index in [1.165, 1.54) is 26.0 Å². The Bertz CT molecular complexity index is 2080. The van der Waals surface area contributed by atoms with Crippen LogP contribution in [-0.4, -0.2) is 111 Å². The fourth-order valence-corrected chi connectivity index (χ4v) is 9.79. The number of amides is 1. The number of alkyl carbamates (subject to hydrolysis) is 1. The molecule has 4 aliphatic rings. The van der Waals surface area contributed by atoms with Gasteiger partial charge in [-0.15, -0.1) is 0 Å². The molecule has 1 aliphatic heterocycles. The lowest BCUT2D eigenvalue weighted by molar-refractivity contribution is -0.277. The van der Waals surface area contributed by atoms with Gasteiger partial charge in [-0.25, -0.2) is 14.4 Å². The Balaban J connectivity index is 1.46. The number of rotatable bonds is 12. The van der Waals surface area contributed by atoms with E-state index in [2.05, 4.69) is 5.32 Å². The van der Waals surface area contributed by atoms with Crippen molar-refractivity contribution in [2.75, 3.05) is 6.61 Å². The van der Waals surface area contributed by atoms with Crippen molar-refractivity contribution in [3.05, 3.63) is 82.9 Å². The van der Waals surface area contributed by atoms with Crippen LogP contribution in [0.5, 0.6) is 0 Å². The molecular weight excluding hydrogens is 806 g/mol. The highest BCUT2D eigenvalue weighted by atomic mass is 16.6. The summed E-state index contributed by atoms with van der Waals surface area (Å²) in [5.41, 5.74) is -5.92. The first-order chi connectivity index (χ1) is 29.0. The molecule has 16 nitrogen and oxygen atoms in total. The lowest BCUT2D eigenvalue weighted by Crippen LogP contribution is -2.75. The summed E-state index contributed by atoms with van der Waals surface area (Å²) in [5, 5.41) is 49.2. The van der Waals surface area contributed by atoms with Gasteiger partial charge in [0.1, 0.15) is 35.6 Å². The number of carbonyl (C=O) groups is 6. The van der Waals surface area contributed by atoms with E-state index in [4.69, 9.17) is 23.7 Å². The molecule has 2 aromatic carbocycles. The quantitative estimate of drug-likeness (QED) is 0.113. The molecule has 6 rings (SSSR count). The van der Waals surface area contributed by atoms with Crippen molar-refractivity contribution in [1.29, 1.82) is 0 Å². The number of aliphatic hydroxyl groups excluding tert-OH is 2. The van der Waals surface area contributed by atoms with Gasteiger partial charge in [-0.2, -0.15) is 0 Å². The Hall–Kier alpha value is -5.16. The van der Waals surface area contributed by atoms with Gasteiger partial charge in [0.25, 0.3) is 0 Å². The summed E-state index contributed by atoms with van der Waals surface area (Å²) in [5.74, 6) is -6.56. The third kappa shape index (κ3) is 8.74. The van der Waals surface area contributed by atoms with Crippen LogP contribution in [0.1, 0.15) is 103 Å². The van der Waals surface area contributed by atoms with Crippen LogP contribution in [-0.2, 0) is 42.9 Å². The second-order valence-corrected chi connectivity index (χ2v) is 18.5. The van der Waals surface area contributed by atoms with E-state index in [1.54, 1.807) is 83.1 Å². The minimum Gasteiger partial charge on any atom is -0.481 e. The number of carbonyl (C=O) groups excluding carboxylic acids is 5. The standard InChI is InChI=1S/C46H57NO15/c1-24-29(59-41(55)37(60-32(51)20-14-19-31(49)50)35(25-15-10-8-11-16-25)47-42(56)62-43(2,3)4)22-46(57)39(61-40(54)26-17-12-9-13-18-26)34-27-23-58-28(27)21-30(48)45(34,7)38(53)36(52)33(24)44(46,5)6/h8-13,15-18,27-30,34-37,39,48,52,57H,14,19-23H2,1-7H3,(H,47,56)(H,49,50)/t27-,28-,29+,30+,34+,35+,36-,37-,39+,45-,46-/m1/s1. The number of ketones is 1. The Morgan fingerprint density at radius 2 is 1.56 bits per heavy atom. The zero-order valence-electron chi connectivity index (χ0n) is 36.0. The minimum absolute atomic E-state index is 0.0256. The molecule has 1 amide bonds. The molecule has 3 aliphatic carbocycles. The zero-order valence-corrected chi connectivity index (χ0v) is 36.0. The summed E-state index contributed by atoms with van der Waals surface area (Å²) in [4.78, 5) is 81.6. The fourth-order valence-electron chi connectivity index (χ4n) is 9.79. The summed E-state index contributed by atoms with van der Waals surface area (Å²) < 4.78 is 29.6. The molecular formula is C46H57NO15. The molecule has 2 saturated carbocycles. The lowest BCUT2D eigenvalue weighted by Gasteiger charge is -2.64. The van der Waals surface area contributed by atoms with Gasteiger partial charge in [-0.3, -0.25) is 14.4 Å². The van der Waals surface area contributed by atoms with Crippen LogP contribution in [0, 0.1) is 22.7 Å². The molecule has 11 atom stereocenters. The SMILES string of the molecule is CC1=C2[C@@H](O)C(=O)[C@@]3(C)[C@@H]([C@@H]4CO[C@@H]4C[C@@H]3O)[C@H](OC(=O)c3ccccc3)[C@](O)(C[C@@H]1OC(=O)[C@H](OC(=O)CCCC(=O)O)[C@@H](NC(=O)OC(C)(C)C)c1ccccc1)C2(C)C. The molecule has 0 aromatic heterocycles. The summed E-state index contributed by atoms with van der Waals surface area (Å²) in [6.45, 7) is 11.2. The molecule has 2 bridgehead atoms. The average Bonchev–Trinajstić information content (AvgIpc) is 3.19. The predicted molar refractivity (Wildman–Crippen MR) is 218 cm³/mol. The second-order valence-electron chi connectivity index (χ2n) is 18.5. The van der Waals surface area contributed by atoms with Gasteiger partial charge in [-0.05, 0) is 69.9 Å². The van der Waals surface area contributed by atoms with Crippen molar-refractivity contribution >= 4 is 35.8 Å². The number of hydrogen-bond donors (Lipinski definition) is 5. The van der Waals surface area contributed by atoms with Crippen LogP contribution in [0.25, 0.3) is 0 Å². The number of esters is 3. The summed E-state index contributed by atoms with van der Waals surface area (Å²) in [7, 11) is 0. The first-order valence-electron chi connectivity index (χ1n) is 20.9. The molecule has 1 heterocycles. The molecule has 5 N–H and O–H groups in total. The van der Waals surface area contributed by atoms with Crippen LogP contribution >= 0.6 is 0 Å². The normalized spacial score (nSPS) is 31.0. The van der Waals surface area contributed by atoms with Crippen molar-refractivity contribution < 1.29 is 72.9 Å². The van der Waals surface area contributed by atoms with Gasteiger partial charge >= 0.3 is 30.0 Å². The summed E-state index contributed by atoms with van der Waals surface area (Å²) in [6.07, 6.45) is -11.1. The largest absolute Gasteiger partial charge is 0.481 e. The number of aliphatic carboxylic acids is 1. The van der Waals surface area contributed by atoms with Crippen LogP contribution in [0.2, 0.25) is 0 Å². The number of nitrogens with one attached hydrogen (secondary N) is 1. The molecule has 2 aromatic rings. The van der Waals surface area contributed by atoms with Crippen molar-refractivity contribution in [3.8, 4) is 0 Å². The average molecular weight is 864 g/mol. The van der Waals surface area contributed by atoms with Gasteiger partial charge in [0.15, 0.2) is 5.78 Å². The number of carboxylic acids is 1. The second kappa shape index (κ2) is 17.5. The topological polar surface area (TPSA) is 242 Å². The van der Waals surface area contributed by atoms with Gasteiger partial charge in [-0.1, -0.05) is 62.4 Å².